The molecular weight excluding hydrogens is 775 g/mol. The fourth-order valence-electron chi connectivity index (χ4n) is 9.40. The third kappa shape index (κ3) is 6.79. The van der Waals surface area contributed by atoms with E-state index < -0.39 is 0 Å². The number of hydrogen-bond donors (Lipinski definition) is 0. The maximum atomic E-state index is 6.98. The lowest BCUT2D eigenvalue weighted by Gasteiger charge is -2.27. The first-order chi connectivity index (χ1) is 31.7. The van der Waals surface area contributed by atoms with E-state index in [2.05, 4.69) is 254 Å². The molecule has 11 aromatic rings. The van der Waals surface area contributed by atoms with Crippen LogP contribution in [0.15, 0.2) is 249 Å². The molecule has 2 nitrogen and oxygen atoms in total. The largest absolute Gasteiger partial charge is 0.456 e. The normalized spacial score (nSPS) is 11.6. The summed E-state index contributed by atoms with van der Waals surface area (Å²) in [6, 6.07) is 89.6. The van der Waals surface area contributed by atoms with Crippen LogP contribution < -0.4 is 9.64 Å². The summed E-state index contributed by atoms with van der Waals surface area (Å²) < 4.78 is 6.98. The number of nitrogens with zero attached hydrogens (tertiary/aromatic N) is 1. The van der Waals surface area contributed by atoms with E-state index >= 15 is 0 Å². The molecule has 2 heteroatoms. The molecule has 0 atom stereocenters. The molecule has 0 saturated carbocycles. The van der Waals surface area contributed by atoms with Crippen LogP contribution in [-0.4, -0.2) is 0 Å². The van der Waals surface area contributed by atoms with Crippen LogP contribution in [-0.2, 0) is 0 Å². The second-order valence-electron chi connectivity index (χ2n) is 16.5. The van der Waals surface area contributed by atoms with E-state index in [1.165, 1.54) is 60.5 Å². The van der Waals surface area contributed by atoms with Crippen molar-refractivity contribution in [3.8, 4) is 78.3 Å². The van der Waals surface area contributed by atoms with Crippen LogP contribution in [0.4, 0.5) is 17.1 Å². The highest BCUT2D eigenvalue weighted by molar-refractivity contribution is 6.03. The lowest BCUT2D eigenvalue weighted by Crippen LogP contribution is -2.10. The highest BCUT2D eigenvalue weighted by Crippen LogP contribution is 2.51. The van der Waals surface area contributed by atoms with Gasteiger partial charge in [-0.05, 0) is 144 Å². The summed E-state index contributed by atoms with van der Waals surface area (Å²) in [5, 5.41) is 4.84. The van der Waals surface area contributed by atoms with Gasteiger partial charge in [-0.1, -0.05) is 182 Å². The molecule has 0 unspecified atom stereocenters. The zero-order valence-corrected chi connectivity index (χ0v) is 35.0. The molecule has 0 amide bonds. The van der Waals surface area contributed by atoms with Gasteiger partial charge in [-0.25, -0.2) is 0 Å². The average molecular weight is 816 g/mol. The SMILES string of the molecule is c1ccc(-c2ccc(-c3ccc(N(c4ccc(-c5ccccc5)cc4)c4ccc5c(c4)-c4cc6ccccc6cc4-c4cc(-c6cccc7ccccc67)ccc4O5)cc3)cc2)cc1. The van der Waals surface area contributed by atoms with Crippen LogP contribution in [0.25, 0.3) is 88.3 Å². The van der Waals surface area contributed by atoms with Crippen molar-refractivity contribution in [1.29, 1.82) is 0 Å². The number of ether oxygens (including phenoxy) is 1. The minimum Gasteiger partial charge on any atom is -0.456 e. The van der Waals surface area contributed by atoms with E-state index in [0.29, 0.717) is 0 Å². The summed E-state index contributed by atoms with van der Waals surface area (Å²) in [6.07, 6.45) is 0. The van der Waals surface area contributed by atoms with E-state index in [0.717, 1.165) is 56.4 Å². The highest BCUT2D eigenvalue weighted by atomic mass is 16.5. The Bertz CT molecular complexity index is 3480. The molecule has 0 aromatic heterocycles. The Morgan fingerprint density at radius 2 is 0.641 bits per heavy atom. The van der Waals surface area contributed by atoms with Crippen molar-refractivity contribution in [1.82, 2.24) is 0 Å². The number of fused-ring (bicyclic) bond motifs is 7. The number of rotatable bonds is 7. The van der Waals surface area contributed by atoms with Gasteiger partial charge in [-0.15, -0.1) is 0 Å². The maximum absolute atomic E-state index is 6.98. The van der Waals surface area contributed by atoms with Crippen LogP contribution in [0.5, 0.6) is 11.5 Å². The van der Waals surface area contributed by atoms with Crippen molar-refractivity contribution in [3.63, 3.8) is 0 Å². The summed E-state index contributed by atoms with van der Waals surface area (Å²) in [6.45, 7) is 0. The fourth-order valence-corrected chi connectivity index (χ4v) is 9.40. The summed E-state index contributed by atoms with van der Waals surface area (Å²) in [5.74, 6) is 1.67. The molecule has 1 aliphatic rings. The van der Waals surface area contributed by atoms with Gasteiger partial charge < -0.3 is 9.64 Å². The van der Waals surface area contributed by atoms with Gasteiger partial charge >= 0.3 is 0 Å². The molecule has 12 rings (SSSR count). The van der Waals surface area contributed by atoms with Gasteiger partial charge in [0.25, 0.3) is 0 Å². The Balaban J connectivity index is 0.987. The number of benzene rings is 11. The molecule has 11 aromatic carbocycles. The molecule has 0 spiro atoms. The molecule has 1 aliphatic heterocycles. The maximum Gasteiger partial charge on any atom is 0.135 e. The summed E-state index contributed by atoms with van der Waals surface area (Å²) >= 11 is 0. The molecule has 0 bridgehead atoms. The quantitative estimate of drug-likeness (QED) is 0.159. The molecule has 0 radical (unpaired) electrons. The lowest BCUT2D eigenvalue weighted by molar-refractivity contribution is 0.488. The fraction of sp³-hybridized carbons (Fsp3) is 0. The zero-order valence-electron chi connectivity index (χ0n) is 35.0. The van der Waals surface area contributed by atoms with Crippen molar-refractivity contribution in [2.45, 2.75) is 0 Å². The third-order valence-electron chi connectivity index (χ3n) is 12.7. The van der Waals surface area contributed by atoms with Crippen LogP contribution in [0.1, 0.15) is 0 Å². The predicted molar refractivity (Wildman–Crippen MR) is 269 cm³/mol. The standard InChI is InChI=1S/C62H41NO/c1-3-12-42(13-4-1)44-22-24-45(25-23-44)47-28-33-53(34-29-47)63(52-31-26-46(27-32-52)43-14-5-2-6-15-43)54-35-37-62-60(41-54)58-39-50-18-8-7-17-49(50)38-57(58)59-40-51(30-36-61(59)64-62)56-21-11-19-48-16-9-10-20-55(48)56/h1-41H. The minimum absolute atomic E-state index is 0.825. The molecule has 0 saturated heterocycles. The molecular formula is C62H41NO. The zero-order chi connectivity index (χ0) is 42.4. The van der Waals surface area contributed by atoms with Crippen molar-refractivity contribution in [3.05, 3.63) is 249 Å². The first kappa shape index (κ1) is 37.3. The minimum atomic E-state index is 0.825. The van der Waals surface area contributed by atoms with Crippen LogP contribution >= 0.6 is 0 Å². The van der Waals surface area contributed by atoms with Gasteiger partial charge in [-0.2, -0.15) is 0 Å². The molecule has 0 aliphatic carbocycles. The van der Waals surface area contributed by atoms with Crippen molar-refractivity contribution in [2.24, 2.45) is 0 Å². The first-order valence-electron chi connectivity index (χ1n) is 21.9. The molecule has 0 fully saturated rings. The van der Waals surface area contributed by atoms with E-state index in [9.17, 15) is 0 Å². The smallest absolute Gasteiger partial charge is 0.135 e. The lowest BCUT2D eigenvalue weighted by atomic mass is 9.89. The Hall–Kier alpha value is -8.46. The van der Waals surface area contributed by atoms with Crippen molar-refractivity contribution < 1.29 is 4.74 Å². The van der Waals surface area contributed by atoms with Crippen molar-refractivity contribution in [2.75, 3.05) is 4.90 Å². The summed E-state index contributed by atoms with van der Waals surface area (Å²) in [4.78, 5) is 2.36. The van der Waals surface area contributed by atoms with Crippen LogP contribution in [0.2, 0.25) is 0 Å². The third-order valence-corrected chi connectivity index (χ3v) is 12.7. The Morgan fingerprint density at radius 1 is 0.234 bits per heavy atom. The molecule has 1 heterocycles. The van der Waals surface area contributed by atoms with Crippen molar-refractivity contribution >= 4 is 38.6 Å². The summed E-state index contributed by atoms with van der Waals surface area (Å²) in [5.41, 5.74) is 17.1. The molecule has 300 valence electrons. The Kier molecular flexibility index (Phi) is 9.20. The average Bonchev–Trinajstić information content (AvgIpc) is 3.50. The Morgan fingerprint density at radius 3 is 1.20 bits per heavy atom. The van der Waals surface area contributed by atoms with Gasteiger partial charge in [0.05, 0.1) is 0 Å². The van der Waals surface area contributed by atoms with Gasteiger partial charge in [0.1, 0.15) is 11.5 Å². The molecule has 0 N–H and O–H groups in total. The van der Waals surface area contributed by atoms with E-state index in [1.54, 1.807) is 0 Å². The van der Waals surface area contributed by atoms with Gasteiger partial charge in [-0.3, -0.25) is 0 Å². The van der Waals surface area contributed by atoms with E-state index in [-0.39, 0.29) is 0 Å². The topological polar surface area (TPSA) is 12.5 Å². The second-order valence-corrected chi connectivity index (χ2v) is 16.5. The predicted octanol–water partition coefficient (Wildman–Crippen LogP) is 17.6. The van der Waals surface area contributed by atoms with E-state index in [1.807, 2.05) is 0 Å². The summed E-state index contributed by atoms with van der Waals surface area (Å²) in [7, 11) is 0. The second kappa shape index (κ2) is 15.8. The number of anilines is 3. The van der Waals surface area contributed by atoms with Crippen LogP contribution in [0, 0.1) is 0 Å². The number of hydrogen-bond acceptors (Lipinski definition) is 2. The highest BCUT2D eigenvalue weighted by Gasteiger charge is 2.25. The van der Waals surface area contributed by atoms with Gasteiger partial charge in [0, 0.05) is 28.2 Å². The van der Waals surface area contributed by atoms with Gasteiger partial charge in [0.2, 0.25) is 0 Å². The van der Waals surface area contributed by atoms with E-state index in [4.69, 9.17) is 4.74 Å². The van der Waals surface area contributed by atoms with Crippen LogP contribution in [0.3, 0.4) is 0 Å². The van der Waals surface area contributed by atoms with Gasteiger partial charge in [0.15, 0.2) is 0 Å². The molecule has 64 heavy (non-hydrogen) atoms. The first-order valence-corrected chi connectivity index (χ1v) is 21.9. The monoisotopic (exact) mass is 815 g/mol. The Labute approximate surface area is 373 Å².